The van der Waals surface area contributed by atoms with E-state index in [9.17, 15) is 0 Å². The Bertz CT molecular complexity index is 807. The van der Waals surface area contributed by atoms with Gasteiger partial charge in [0.1, 0.15) is 6.10 Å². The van der Waals surface area contributed by atoms with Crippen LogP contribution in [0.4, 0.5) is 0 Å². The molecule has 0 spiro atoms. The lowest BCUT2D eigenvalue weighted by atomic mass is 9.50. The molecule has 2 aliphatic heterocycles. The summed E-state index contributed by atoms with van der Waals surface area (Å²) in [6.45, 7) is 9.37. The molecule has 4 aliphatic carbocycles. The van der Waals surface area contributed by atoms with E-state index in [2.05, 4.69) is 25.7 Å². The van der Waals surface area contributed by atoms with E-state index in [-0.39, 0.29) is 35.2 Å². The van der Waals surface area contributed by atoms with Crippen LogP contribution in [0.25, 0.3) is 0 Å². The number of hydrogen-bond acceptors (Lipinski definition) is 5. The van der Waals surface area contributed by atoms with Crippen LogP contribution in [0.5, 0.6) is 0 Å². The van der Waals surface area contributed by atoms with Gasteiger partial charge in [-0.1, -0.05) is 36.3 Å². The second kappa shape index (κ2) is 8.57. The van der Waals surface area contributed by atoms with Crippen molar-refractivity contribution >= 4 is 11.8 Å². The van der Waals surface area contributed by atoms with Crippen LogP contribution < -0.4 is 0 Å². The van der Waals surface area contributed by atoms with Gasteiger partial charge in [0.2, 0.25) is 0 Å². The van der Waals surface area contributed by atoms with Gasteiger partial charge in [0.15, 0.2) is 0 Å². The van der Waals surface area contributed by atoms with Crippen molar-refractivity contribution in [2.45, 2.75) is 69.9 Å². The first-order chi connectivity index (χ1) is 15.7. The van der Waals surface area contributed by atoms with Gasteiger partial charge >= 0.3 is 0 Å². The first-order valence-electron chi connectivity index (χ1n) is 12.7. The molecular formula is C27H38O4S. The molecule has 176 valence electrons. The highest BCUT2D eigenvalue weighted by atomic mass is 32.2. The van der Waals surface area contributed by atoms with Gasteiger partial charge in [-0.15, -0.1) is 6.58 Å². The van der Waals surface area contributed by atoms with Crippen LogP contribution in [0.1, 0.15) is 45.4 Å². The smallest absolute Gasteiger partial charge is 0.102 e. The Hall–Kier alpha value is -0.590. The predicted octanol–water partition coefficient (Wildman–Crippen LogP) is 4.95. The van der Waals surface area contributed by atoms with E-state index >= 15 is 0 Å². The van der Waals surface area contributed by atoms with Crippen LogP contribution in [0.3, 0.4) is 0 Å². The van der Waals surface area contributed by atoms with Crippen molar-refractivity contribution < 1.29 is 18.9 Å². The maximum absolute atomic E-state index is 6.33. The molecule has 2 saturated heterocycles. The van der Waals surface area contributed by atoms with Gasteiger partial charge in [0, 0.05) is 16.6 Å². The third-order valence-electron chi connectivity index (χ3n) is 9.49. The van der Waals surface area contributed by atoms with Crippen LogP contribution in [0.2, 0.25) is 0 Å². The molecule has 0 aromatic heterocycles. The zero-order valence-electron chi connectivity index (χ0n) is 19.4. The van der Waals surface area contributed by atoms with E-state index in [0.717, 1.165) is 51.4 Å². The molecule has 4 fully saturated rings. The number of hydrogen-bond donors (Lipinski definition) is 0. The minimum atomic E-state index is 0.148. The highest BCUT2D eigenvalue weighted by Crippen LogP contribution is 2.65. The fraction of sp³-hybridized carbons (Fsp3) is 0.778. The molecule has 2 heterocycles. The van der Waals surface area contributed by atoms with Gasteiger partial charge in [-0.25, -0.2) is 0 Å². The molecule has 4 nitrogen and oxygen atoms in total. The molecule has 2 saturated carbocycles. The number of rotatable bonds is 5. The minimum Gasteiger partial charge on any atom is -0.373 e. The van der Waals surface area contributed by atoms with Gasteiger partial charge in [-0.2, -0.15) is 11.8 Å². The van der Waals surface area contributed by atoms with Crippen LogP contribution >= 0.6 is 11.8 Å². The Labute approximate surface area is 197 Å². The summed E-state index contributed by atoms with van der Waals surface area (Å²) in [5.41, 5.74) is 3.72. The van der Waals surface area contributed by atoms with Gasteiger partial charge in [-0.05, 0) is 56.1 Å². The van der Waals surface area contributed by atoms with Gasteiger partial charge < -0.3 is 18.9 Å². The Balaban J connectivity index is 1.36. The summed E-state index contributed by atoms with van der Waals surface area (Å²) in [7, 11) is 0. The second-order valence-corrected chi connectivity index (χ2v) is 12.0. The first-order valence-corrected chi connectivity index (χ1v) is 13.9. The summed E-state index contributed by atoms with van der Waals surface area (Å²) in [5.74, 6) is 3.51. The van der Waals surface area contributed by atoms with Crippen molar-refractivity contribution in [3.8, 4) is 0 Å². The molecular weight excluding hydrogens is 420 g/mol. The first kappa shape index (κ1) is 21.9. The summed E-state index contributed by atoms with van der Waals surface area (Å²) in [4.78, 5) is 0. The molecule has 32 heavy (non-hydrogen) atoms. The Morgan fingerprint density at radius 1 is 1.12 bits per heavy atom. The predicted molar refractivity (Wildman–Crippen MR) is 128 cm³/mol. The average molecular weight is 459 g/mol. The fourth-order valence-corrected chi connectivity index (χ4v) is 8.93. The fourth-order valence-electron chi connectivity index (χ4n) is 8.11. The van der Waals surface area contributed by atoms with Gasteiger partial charge in [0.25, 0.3) is 0 Å². The zero-order chi connectivity index (χ0) is 21.8. The largest absolute Gasteiger partial charge is 0.373 e. The van der Waals surface area contributed by atoms with Gasteiger partial charge in [-0.3, -0.25) is 0 Å². The molecule has 0 aromatic carbocycles. The number of ether oxygens (including phenoxy) is 4. The Morgan fingerprint density at radius 2 is 1.94 bits per heavy atom. The van der Waals surface area contributed by atoms with Crippen molar-refractivity contribution in [1.29, 1.82) is 0 Å². The molecule has 0 amide bonds. The summed E-state index contributed by atoms with van der Waals surface area (Å²) in [6, 6.07) is 0. The molecule has 8 atom stereocenters. The molecule has 5 heteroatoms. The van der Waals surface area contributed by atoms with Crippen molar-refractivity contribution in [2.24, 2.45) is 22.7 Å². The summed E-state index contributed by atoms with van der Waals surface area (Å²) >= 11 is 2.02. The molecule has 6 rings (SSSR count). The minimum absolute atomic E-state index is 0.148. The summed E-state index contributed by atoms with van der Waals surface area (Å²) < 4.78 is 25.0. The van der Waals surface area contributed by atoms with E-state index in [1.165, 1.54) is 25.0 Å². The topological polar surface area (TPSA) is 36.9 Å². The monoisotopic (exact) mass is 458 g/mol. The average Bonchev–Trinajstić information content (AvgIpc) is 3.13. The third kappa shape index (κ3) is 3.33. The van der Waals surface area contributed by atoms with E-state index in [1.807, 2.05) is 17.8 Å². The Kier molecular flexibility index (Phi) is 5.87. The van der Waals surface area contributed by atoms with Crippen LogP contribution in [0, 0.1) is 22.7 Å². The second-order valence-electron chi connectivity index (χ2n) is 10.9. The molecule has 4 unspecified atom stereocenters. The van der Waals surface area contributed by atoms with Crippen molar-refractivity contribution in [3.63, 3.8) is 0 Å². The molecule has 6 aliphatic rings. The van der Waals surface area contributed by atoms with Crippen LogP contribution in [-0.2, 0) is 18.9 Å². The molecule has 0 aromatic rings. The van der Waals surface area contributed by atoms with Crippen LogP contribution in [0.15, 0.2) is 36.0 Å². The van der Waals surface area contributed by atoms with E-state index < -0.39 is 0 Å². The van der Waals surface area contributed by atoms with Crippen molar-refractivity contribution in [3.05, 3.63) is 36.0 Å². The molecule has 0 bridgehead atoms. The third-order valence-corrected chi connectivity index (χ3v) is 10.5. The highest BCUT2D eigenvalue weighted by molar-refractivity contribution is 7.99. The zero-order valence-corrected chi connectivity index (χ0v) is 20.2. The maximum atomic E-state index is 6.33. The number of allylic oxidation sites excluding steroid dienone is 3. The Morgan fingerprint density at radius 3 is 2.81 bits per heavy atom. The highest BCUT2D eigenvalue weighted by Gasteiger charge is 2.61. The lowest BCUT2D eigenvalue weighted by Crippen LogP contribution is -2.52. The van der Waals surface area contributed by atoms with Gasteiger partial charge in [0.05, 0.1) is 44.7 Å². The summed E-state index contributed by atoms with van der Waals surface area (Å²) in [6.07, 6.45) is 15.1. The maximum Gasteiger partial charge on any atom is 0.102 e. The quantitative estimate of drug-likeness (QED) is 0.431. The lowest BCUT2D eigenvalue weighted by Gasteiger charge is -2.56. The lowest BCUT2D eigenvalue weighted by molar-refractivity contribution is -0.157. The van der Waals surface area contributed by atoms with E-state index in [1.54, 1.807) is 11.1 Å². The van der Waals surface area contributed by atoms with E-state index in [4.69, 9.17) is 18.9 Å². The SMILES string of the molecule is C=CCSCC[C@]12CC3OCCOC3C=C1CC[C@@H]1C2=CC[C@]2(C)C3OCCOC3C[C@@H]12. The van der Waals surface area contributed by atoms with Crippen molar-refractivity contribution in [2.75, 3.05) is 37.9 Å². The normalized spacial score (nSPS) is 47.2. The van der Waals surface area contributed by atoms with Crippen LogP contribution in [-0.4, -0.2) is 62.3 Å². The molecule has 0 N–H and O–H groups in total. The standard InChI is InChI=1S/C27H38O4S/c1-3-13-32-14-8-27-17-24-22(28-9-10-30-24)15-18(27)4-5-19-20(27)6-7-26(2)21(19)16-23-25(26)31-12-11-29-23/h3,6,15,19,21-25H,1,4-5,7-14,16-17H2,2H3/t19-,21+,22?,23?,24?,25?,26+,27+/m1/s1. The van der Waals surface area contributed by atoms with Crippen molar-refractivity contribution in [1.82, 2.24) is 0 Å². The number of fused-ring (bicyclic) bond motifs is 8. The van der Waals surface area contributed by atoms with E-state index in [0.29, 0.717) is 11.8 Å². The number of thioether (sulfide) groups is 1. The summed E-state index contributed by atoms with van der Waals surface area (Å²) in [5, 5.41) is 0. The molecule has 0 radical (unpaired) electrons.